The van der Waals surface area contributed by atoms with Gasteiger partial charge in [0.2, 0.25) is 10.0 Å². The number of carboxylic acids is 1. The van der Waals surface area contributed by atoms with Gasteiger partial charge in [-0.3, -0.25) is 4.79 Å². The number of hydrogen-bond donors (Lipinski definition) is 2. The van der Waals surface area contributed by atoms with Crippen LogP contribution >= 0.6 is 11.6 Å². The zero-order valence-electron chi connectivity index (χ0n) is 14.8. The Morgan fingerprint density at radius 2 is 1.89 bits per heavy atom. The highest BCUT2D eigenvalue weighted by Crippen LogP contribution is 2.30. The monoisotopic (exact) mass is 407 g/mol. The number of nitrogens with one attached hydrogen (secondary N) is 1. The number of sulfonamides is 1. The van der Waals surface area contributed by atoms with Crippen molar-refractivity contribution in [3.63, 3.8) is 0 Å². The van der Waals surface area contributed by atoms with E-state index in [1.165, 1.54) is 28.8 Å². The molecule has 27 heavy (non-hydrogen) atoms. The van der Waals surface area contributed by atoms with E-state index in [4.69, 9.17) is 16.7 Å². The zero-order valence-corrected chi connectivity index (χ0v) is 16.4. The highest BCUT2D eigenvalue weighted by molar-refractivity contribution is 7.89. The molecule has 0 bridgehead atoms. The first kappa shape index (κ1) is 19.9. The summed E-state index contributed by atoms with van der Waals surface area (Å²) in [4.78, 5) is 10.9. The summed E-state index contributed by atoms with van der Waals surface area (Å²) in [6, 6.07) is 12.2. The van der Waals surface area contributed by atoms with Gasteiger partial charge in [-0.15, -0.1) is 0 Å². The third-order valence-electron chi connectivity index (χ3n) is 4.89. The molecule has 0 amide bonds. The third-order valence-corrected chi connectivity index (χ3v) is 6.59. The number of carboxylic acid groups (broad SMARTS) is 1. The highest BCUT2D eigenvalue weighted by atomic mass is 35.5. The molecule has 0 heterocycles. The molecule has 0 aliphatic heterocycles. The average Bonchev–Trinajstić information content (AvgIpc) is 3.04. The van der Waals surface area contributed by atoms with Crippen molar-refractivity contribution in [3.05, 3.63) is 64.2 Å². The summed E-state index contributed by atoms with van der Waals surface area (Å²) >= 11 is 5.81. The van der Waals surface area contributed by atoms with Crippen LogP contribution in [0.2, 0.25) is 5.02 Å². The van der Waals surface area contributed by atoms with E-state index in [-0.39, 0.29) is 17.2 Å². The lowest BCUT2D eigenvalue weighted by molar-refractivity contribution is -0.137. The van der Waals surface area contributed by atoms with Crippen LogP contribution in [0.1, 0.15) is 29.5 Å². The van der Waals surface area contributed by atoms with Gasteiger partial charge >= 0.3 is 5.97 Å². The van der Waals surface area contributed by atoms with E-state index in [2.05, 4.69) is 10.8 Å². The minimum absolute atomic E-state index is 0.161. The predicted octanol–water partition coefficient (Wildman–Crippen LogP) is 3.44. The molecule has 7 heteroatoms. The molecule has 144 valence electrons. The fraction of sp³-hybridized carbons (Fsp3) is 0.350. The number of aryl methyl sites for hydroxylation is 1. The molecule has 0 saturated heterocycles. The van der Waals surface area contributed by atoms with E-state index < -0.39 is 16.0 Å². The van der Waals surface area contributed by atoms with E-state index >= 15 is 0 Å². The molecule has 2 aromatic rings. The summed E-state index contributed by atoms with van der Waals surface area (Å²) in [5.41, 5.74) is 3.66. The van der Waals surface area contributed by atoms with Gasteiger partial charge in [-0.1, -0.05) is 29.8 Å². The molecule has 0 fully saturated rings. The standard InChI is InChI=1S/C20H22ClNO4S/c21-17-7-9-18(10-8-17)27(25,26)22-13-14-11-16-5-1-3-15(19(16)12-14)4-2-6-20(23)24/h1,3,5,7-10,14,22H,2,4,6,11-13H2,(H,23,24). The van der Waals surface area contributed by atoms with E-state index in [1.54, 1.807) is 12.1 Å². The molecule has 2 N–H and O–H groups in total. The van der Waals surface area contributed by atoms with Crippen molar-refractivity contribution in [2.45, 2.75) is 37.0 Å². The average molecular weight is 408 g/mol. The Morgan fingerprint density at radius 1 is 1.15 bits per heavy atom. The number of carbonyl (C=O) groups is 1. The van der Waals surface area contributed by atoms with Gasteiger partial charge < -0.3 is 5.11 Å². The number of benzene rings is 2. The smallest absolute Gasteiger partial charge is 0.303 e. The second kappa shape index (κ2) is 8.42. The summed E-state index contributed by atoms with van der Waals surface area (Å²) < 4.78 is 27.6. The zero-order chi connectivity index (χ0) is 19.4. The van der Waals surface area contributed by atoms with Crippen molar-refractivity contribution in [2.75, 3.05) is 6.54 Å². The molecular weight excluding hydrogens is 386 g/mol. The van der Waals surface area contributed by atoms with Gasteiger partial charge in [0.05, 0.1) is 4.90 Å². The third kappa shape index (κ3) is 5.09. The van der Waals surface area contributed by atoms with Crippen molar-refractivity contribution in [1.29, 1.82) is 0 Å². The SMILES string of the molecule is O=C(O)CCCc1cccc2c1CC(CNS(=O)(=O)c1ccc(Cl)cc1)C2. The summed E-state index contributed by atoms with van der Waals surface area (Å²) in [6.45, 7) is 0.369. The number of rotatable bonds is 8. The number of halogens is 1. The fourth-order valence-corrected chi connectivity index (χ4v) is 4.79. The van der Waals surface area contributed by atoms with Crippen molar-refractivity contribution >= 4 is 27.6 Å². The summed E-state index contributed by atoms with van der Waals surface area (Å²) in [5.74, 6) is -0.584. The molecule has 1 atom stereocenters. The van der Waals surface area contributed by atoms with Crippen molar-refractivity contribution in [2.24, 2.45) is 5.92 Å². The molecule has 1 aliphatic rings. The molecule has 5 nitrogen and oxygen atoms in total. The van der Waals surface area contributed by atoms with Crippen LogP contribution in [0.15, 0.2) is 47.4 Å². The maximum atomic E-state index is 12.4. The maximum absolute atomic E-state index is 12.4. The highest BCUT2D eigenvalue weighted by Gasteiger charge is 2.25. The van der Waals surface area contributed by atoms with Crippen LogP contribution in [0.5, 0.6) is 0 Å². The molecule has 3 rings (SSSR count). The van der Waals surface area contributed by atoms with Crippen LogP contribution < -0.4 is 4.72 Å². The fourth-order valence-electron chi connectivity index (χ4n) is 3.55. The molecule has 0 spiro atoms. The van der Waals surface area contributed by atoms with Gasteiger partial charge in [-0.05, 0) is 72.6 Å². The lowest BCUT2D eigenvalue weighted by atomic mass is 9.98. The molecule has 0 saturated carbocycles. The van der Waals surface area contributed by atoms with Crippen LogP contribution in [-0.2, 0) is 34.1 Å². The molecular formula is C20H22ClNO4S. The topological polar surface area (TPSA) is 83.5 Å². The Morgan fingerprint density at radius 3 is 2.59 bits per heavy atom. The van der Waals surface area contributed by atoms with Gasteiger partial charge in [0.25, 0.3) is 0 Å². The first-order valence-corrected chi connectivity index (χ1v) is 10.8. The van der Waals surface area contributed by atoms with E-state index in [1.807, 2.05) is 12.1 Å². The van der Waals surface area contributed by atoms with Gasteiger partial charge in [0, 0.05) is 18.0 Å². The van der Waals surface area contributed by atoms with Crippen LogP contribution in [0.3, 0.4) is 0 Å². The predicted molar refractivity (Wildman–Crippen MR) is 105 cm³/mol. The Hall–Kier alpha value is -1.89. The second-order valence-corrected chi connectivity index (χ2v) is 9.09. The Labute approximate surface area is 164 Å². The minimum atomic E-state index is -3.56. The van der Waals surface area contributed by atoms with Crippen LogP contribution in [0.4, 0.5) is 0 Å². The molecule has 0 radical (unpaired) electrons. The number of hydrogen-bond acceptors (Lipinski definition) is 3. The Bertz CT molecular complexity index is 925. The van der Waals surface area contributed by atoms with E-state index in [0.29, 0.717) is 18.0 Å². The van der Waals surface area contributed by atoms with Crippen molar-refractivity contribution < 1.29 is 18.3 Å². The van der Waals surface area contributed by atoms with Gasteiger partial charge in [-0.2, -0.15) is 0 Å². The summed E-state index contributed by atoms with van der Waals surface area (Å²) in [7, 11) is -3.56. The minimum Gasteiger partial charge on any atom is -0.481 e. The number of aliphatic carboxylic acids is 1. The first-order chi connectivity index (χ1) is 12.8. The van der Waals surface area contributed by atoms with Crippen LogP contribution in [-0.4, -0.2) is 26.0 Å². The molecule has 0 aromatic heterocycles. The Kier molecular flexibility index (Phi) is 6.19. The van der Waals surface area contributed by atoms with Crippen LogP contribution in [0.25, 0.3) is 0 Å². The van der Waals surface area contributed by atoms with E-state index in [9.17, 15) is 13.2 Å². The molecule has 2 aromatic carbocycles. The quantitative estimate of drug-likeness (QED) is 0.702. The second-order valence-electron chi connectivity index (χ2n) is 6.88. The van der Waals surface area contributed by atoms with Crippen LogP contribution in [0, 0.1) is 5.92 Å². The lowest BCUT2D eigenvalue weighted by Gasteiger charge is -2.12. The van der Waals surface area contributed by atoms with Gasteiger partial charge in [0.1, 0.15) is 0 Å². The normalized spacial score (nSPS) is 16.3. The summed E-state index contributed by atoms with van der Waals surface area (Å²) in [5, 5.41) is 9.31. The largest absolute Gasteiger partial charge is 0.481 e. The maximum Gasteiger partial charge on any atom is 0.303 e. The van der Waals surface area contributed by atoms with Gasteiger partial charge in [0.15, 0.2) is 0 Å². The Balaban J connectivity index is 1.61. The first-order valence-electron chi connectivity index (χ1n) is 8.92. The molecule has 1 unspecified atom stereocenters. The van der Waals surface area contributed by atoms with Gasteiger partial charge in [-0.25, -0.2) is 13.1 Å². The van der Waals surface area contributed by atoms with E-state index in [0.717, 1.165) is 19.3 Å². The number of fused-ring (bicyclic) bond motifs is 1. The van der Waals surface area contributed by atoms with Crippen molar-refractivity contribution in [3.8, 4) is 0 Å². The lowest BCUT2D eigenvalue weighted by Crippen LogP contribution is -2.29. The summed E-state index contributed by atoms with van der Waals surface area (Å²) in [6.07, 6.45) is 3.14. The van der Waals surface area contributed by atoms with Crippen molar-refractivity contribution in [1.82, 2.24) is 4.72 Å². The molecule has 1 aliphatic carbocycles.